The van der Waals surface area contributed by atoms with Crippen LogP contribution >= 0.6 is 12.2 Å². The van der Waals surface area contributed by atoms with Crippen LogP contribution in [0, 0.1) is 6.92 Å². The van der Waals surface area contributed by atoms with Crippen molar-refractivity contribution >= 4 is 17.3 Å². The maximum absolute atomic E-state index is 5.70. The van der Waals surface area contributed by atoms with Crippen molar-refractivity contribution in [1.29, 1.82) is 0 Å². The Bertz CT molecular complexity index is 942. The number of aryl methyl sites for hydroxylation is 1. The van der Waals surface area contributed by atoms with Gasteiger partial charge in [-0.05, 0) is 55.5 Å². The number of nitrogens with zero attached hydrogens (tertiary/aromatic N) is 3. The number of hydrogen-bond acceptors (Lipinski definition) is 3. The minimum atomic E-state index is -0.0256. The third-order valence-electron chi connectivity index (χ3n) is 5.16. The van der Waals surface area contributed by atoms with Gasteiger partial charge in [-0.3, -0.25) is 4.98 Å². The van der Waals surface area contributed by atoms with Crippen LogP contribution in [0.1, 0.15) is 29.2 Å². The lowest BCUT2D eigenvalue weighted by Crippen LogP contribution is -2.33. The van der Waals surface area contributed by atoms with Crippen LogP contribution in [0.2, 0.25) is 0 Å². The number of thiocarbonyl (C=S) groups is 1. The van der Waals surface area contributed by atoms with Gasteiger partial charge in [0.2, 0.25) is 0 Å². The summed E-state index contributed by atoms with van der Waals surface area (Å²) in [5, 5.41) is 4.22. The van der Waals surface area contributed by atoms with E-state index in [1.54, 1.807) is 7.11 Å². The van der Waals surface area contributed by atoms with Crippen LogP contribution in [0.5, 0.6) is 0 Å². The van der Waals surface area contributed by atoms with Crippen molar-refractivity contribution in [3.8, 4) is 5.69 Å². The summed E-state index contributed by atoms with van der Waals surface area (Å²) >= 11 is 5.70. The summed E-state index contributed by atoms with van der Waals surface area (Å²) in [6.45, 7) is 3.46. The van der Waals surface area contributed by atoms with Crippen LogP contribution in [0.3, 0.4) is 0 Å². The SMILES string of the molecule is COCCN1C(=S)N[C@@H](c2ccccn2)[C@H]1c1ccc(C)n1-c1ccccc1. The number of ether oxygens (including phenoxy) is 1. The minimum absolute atomic E-state index is 0.0199. The van der Waals surface area contributed by atoms with Crippen molar-refractivity contribution in [3.63, 3.8) is 0 Å². The minimum Gasteiger partial charge on any atom is -0.383 e. The summed E-state index contributed by atoms with van der Waals surface area (Å²) in [6.07, 6.45) is 1.83. The van der Waals surface area contributed by atoms with E-state index in [4.69, 9.17) is 17.0 Å². The summed E-state index contributed by atoms with van der Waals surface area (Å²) in [5.74, 6) is 0. The molecule has 6 heteroatoms. The summed E-state index contributed by atoms with van der Waals surface area (Å²) in [6, 6.07) is 20.8. The Balaban J connectivity index is 1.82. The van der Waals surface area contributed by atoms with Gasteiger partial charge in [-0.1, -0.05) is 24.3 Å². The predicted molar refractivity (Wildman–Crippen MR) is 115 cm³/mol. The summed E-state index contributed by atoms with van der Waals surface area (Å²) in [4.78, 5) is 6.82. The van der Waals surface area contributed by atoms with Crippen LogP contribution in [0.4, 0.5) is 0 Å². The molecule has 1 aromatic carbocycles. The molecule has 0 unspecified atom stereocenters. The highest BCUT2D eigenvalue weighted by atomic mass is 32.1. The zero-order valence-electron chi connectivity index (χ0n) is 16.1. The van der Waals surface area contributed by atoms with E-state index in [2.05, 4.69) is 69.2 Å². The third kappa shape index (κ3) is 3.41. The number of hydrogen-bond donors (Lipinski definition) is 1. The molecule has 1 N–H and O–H groups in total. The highest BCUT2D eigenvalue weighted by molar-refractivity contribution is 7.80. The van der Waals surface area contributed by atoms with Crippen LogP contribution < -0.4 is 5.32 Å². The highest BCUT2D eigenvalue weighted by Crippen LogP contribution is 2.39. The van der Waals surface area contributed by atoms with E-state index in [0.717, 1.165) is 23.0 Å². The average Bonchev–Trinajstić information content (AvgIpc) is 3.27. The zero-order chi connectivity index (χ0) is 19.5. The van der Waals surface area contributed by atoms with E-state index in [0.29, 0.717) is 6.61 Å². The molecule has 144 valence electrons. The van der Waals surface area contributed by atoms with E-state index in [9.17, 15) is 0 Å². The van der Waals surface area contributed by atoms with Gasteiger partial charge in [0.15, 0.2) is 5.11 Å². The van der Waals surface area contributed by atoms with Gasteiger partial charge in [0, 0.05) is 36.9 Å². The Labute approximate surface area is 171 Å². The largest absolute Gasteiger partial charge is 0.383 e. The Morgan fingerprint density at radius 2 is 1.86 bits per heavy atom. The summed E-state index contributed by atoms with van der Waals surface area (Å²) in [5.41, 5.74) is 4.49. The Kier molecular flexibility index (Phi) is 5.41. The summed E-state index contributed by atoms with van der Waals surface area (Å²) in [7, 11) is 1.72. The first-order chi connectivity index (χ1) is 13.7. The van der Waals surface area contributed by atoms with E-state index in [1.807, 2.05) is 24.4 Å². The molecule has 0 radical (unpaired) electrons. The molecule has 3 heterocycles. The van der Waals surface area contributed by atoms with Crippen LogP contribution in [0.25, 0.3) is 5.69 Å². The smallest absolute Gasteiger partial charge is 0.170 e. The number of nitrogens with one attached hydrogen (secondary N) is 1. The van der Waals surface area contributed by atoms with Crippen molar-refractivity contribution < 1.29 is 4.74 Å². The van der Waals surface area contributed by atoms with Crippen molar-refractivity contribution in [2.75, 3.05) is 20.3 Å². The second-order valence-electron chi connectivity index (χ2n) is 6.88. The lowest BCUT2D eigenvalue weighted by molar-refractivity contribution is 0.163. The quantitative estimate of drug-likeness (QED) is 0.647. The highest BCUT2D eigenvalue weighted by Gasteiger charge is 2.41. The fraction of sp³-hybridized carbons (Fsp3) is 0.273. The second kappa shape index (κ2) is 8.12. The molecule has 0 amide bonds. The first-order valence-electron chi connectivity index (χ1n) is 9.41. The molecule has 2 atom stereocenters. The van der Waals surface area contributed by atoms with Gasteiger partial charge < -0.3 is 19.5 Å². The van der Waals surface area contributed by atoms with Crippen molar-refractivity contribution in [2.45, 2.75) is 19.0 Å². The molecule has 1 aliphatic rings. The zero-order valence-corrected chi connectivity index (χ0v) is 16.9. The van der Waals surface area contributed by atoms with Crippen LogP contribution in [-0.2, 0) is 4.74 Å². The fourth-order valence-corrected chi connectivity index (χ4v) is 4.21. The topological polar surface area (TPSA) is 42.3 Å². The van der Waals surface area contributed by atoms with Crippen LogP contribution in [0.15, 0.2) is 66.9 Å². The predicted octanol–water partition coefficient (Wildman–Crippen LogP) is 3.80. The Morgan fingerprint density at radius 1 is 1.07 bits per heavy atom. The first-order valence-corrected chi connectivity index (χ1v) is 9.82. The lowest BCUT2D eigenvalue weighted by Gasteiger charge is -2.29. The molecule has 5 nitrogen and oxygen atoms in total. The molecular weight excluding hydrogens is 368 g/mol. The van der Waals surface area contributed by atoms with Crippen molar-refractivity contribution in [3.05, 3.63) is 83.9 Å². The second-order valence-corrected chi connectivity index (χ2v) is 7.27. The molecule has 1 aliphatic heterocycles. The Morgan fingerprint density at radius 3 is 2.57 bits per heavy atom. The van der Waals surface area contributed by atoms with Gasteiger partial charge in [-0.15, -0.1) is 0 Å². The first kappa shape index (κ1) is 18.7. The van der Waals surface area contributed by atoms with Gasteiger partial charge in [-0.25, -0.2) is 0 Å². The Hall–Kier alpha value is -2.70. The molecular formula is C22H24N4OS. The fourth-order valence-electron chi connectivity index (χ4n) is 3.88. The molecule has 0 saturated carbocycles. The number of para-hydroxylation sites is 1. The van der Waals surface area contributed by atoms with E-state index >= 15 is 0 Å². The molecule has 4 rings (SSSR count). The molecule has 0 aliphatic carbocycles. The number of rotatable bonds is 6. The van der Waals surface area contributed by atoms with E-state index < -0.39 is 0 Å². The number of benzene rings is 1. The maximum atomic E-state index is 5.70. The van der Waals surface area contributed by atoms with Crippen LogP contribution in [-0.4, -0.2) is 39.8 Å². The van der Waals surface area contributed by atoms with Gasteiger partial charge in [-0.2, -0.15) is 0 Å². The average molecular weight is 393 g/mol. The van der Waals surface area contributed by atoms with Crippen molar-refractivity contribution in [1.82, 2.24) is 19.8 Å². The number of aromatic nitrogens is 2. The number of methoxy groups -OCH3 is 1. The molecule has 2 aromatic heterocycles. The van der Waals surface area contributed by atoms with Gasteiger partial charge in [0.05, 0.1) is 24.4 Å². The van der Waals surface area contributed by atoms with E-state index in [1.165, 1.54) is 11.4 Å². The van der Waals surface area contributed by atoms with E-state index in [-0.39, 0.29) is 12.1 Å². The summed E-state index contributed by atoms with van der Waals surface area (Å²) < 4.78 is 7.65. The van der Waals surface area contributed by atoms with Gasteiger partial charge in [0.25, 0.3) is 0 Å². The lowest BCUT2D eigenvalue weighted by atomic mass is 10.0. The molecule has 1 saturated heterocycles. The molecule has 1 fully saturated rings. The molecule has 3 aromatic rings. The van der Waals surface area contributed by atoms with Gasteiger partial charge >= 0.3 is 0 Å². The molecule has 28 heavy (non-hydrogen) atoms. The van der Waals surface area contributed by atoms with Crippen molar-refractivity contribution in [2.24, 2.45) is 0 Å². The standard InChI is InChI=1S/C22H24N4OS/c1-16-11-12-19(26(16)17-8-4-3-5-9-17)21-20(18-10-6-7-13-23-18)24-22(28)25(21)14-15-27-2/h3-13,20-21H,14-15H2,1-2H3,(H,24,28)/t20-,21+/m0/s1. The number of pyridine rings is 1. The third-order valence-corrected chi connectivity index (χ3v) is 5.51. The maximum Gasteiger partial charge on any atom is 0.170 e. The van der Waals surface area contributed by atoms with Gasteiger partial charge in [0.1, 0.15) is 0 Å². The monoisotopic (exact) mass is 392 g/mol. The molecule has 0 spiro atoms. The molecule has 0 bridgehead atoms. The normalized spacial score (nSPS) is 19.1.